The molecule has 1 N–H and O–H groups in total. The fourth-order valence-electron chi connectivity index (χ4n) is 3.36. The van der Waals surface area contributed by atoms with Crippen LogP contribution < -0.4 is 0 Å². The summed E-state index contributed by atoms with van der Waals surface area (Å²) in [5, 5.41) is 13.1. The highest BCUT2D eigenvalue weighted by Gasteiger charge is 2.23. The quantitative estimate of drug-likeness (QED) is 0.412. The molecule has 0 fully saturated rings. The SMILES string of the molecule is CC(Sc1c(-c2ccc(Br)c3ccccc23)c2cnccc2n1C)C(=O)O. The van der Waals surface area contributed by atoms with Gasteiger partial charge >= 0.3 is 5.97 Å². The van der Waals surface area contributed by atoms with Gasteiger partial charge in [-0.15, -0.1) is 0 Å². The van der Waals surface area contributed by atoms with E-state index in [1.807, 2.05) is 37.5 Å². The van der Waals surface area contributed by atoms with Gasteiger partial charge in [0.2, 0.25) is 0 Å². The Morgan fingerprint density at radius 3 is 2.63 bits per heavy atom. The zero-order valence-corrected chi connectivity index (χ0v) is 17.2. The lowest BCUT2D eigenvalue weighted by Gasteiger charge is -2.13. The number of benzene rings is 2. The van der Waals surface area contributed by atoms with Crippen molar-refractivity contribution in [2.75, 3.05) is 0 Å². The number of carboxylic acids is 1. The van der Waals surface area contributed by atoms with Crippen LogP contribution in [0.3, 0.4) is 0 Å². The van der Waals surface area contributed by atoms with E-state index in [4.69, 9.17) is 0 Å². The lowest BCUT2D eigenvalue weighted by Crippen LogP contribution is -2.12. The van der Waals surface area contributed by atoms with Crippen molar-refractivity contribution in [1.29, 1.82) is 0 Å². The number of nitrogens with zero attached hydrogens (tertiary/aromatic N) is 2. The predicted molar refractivity (Wildman–Crippen MR) is 114 cm³/mol. The number of rotatable bonds is 4. The summed E-state index contributed by atoms with van der Waals surface area (Å²) in [6.07, 6.45) is 3.62. The summed E-state index contributed by atoms with van der Waals surface area (Å²) >= 11 is 5.00. The molecule has 4 nitrogen and oxygen atoms in total. The first kappa shape index (κ1) is 18.1. The molecule has 27 heavy (non-hydrogen) atoms. The fourth-order valence-corrected chi connectivity index (χ4v) is 4.87. The average molecular weight is 441 g/mol. The Morgan fingerprint density at radius 1 is 1.15 bits per heavy atom. The van der Waals surface area contributed by atoms with Crippen LogP contribution >= 0.6 is 27.7 Å². The number of carbonyl (C=O) groups is 1. The number of aromatic nitrogens is 2. The Bertz CT molecular complexity index is 1190. The van der Waals surface area contributed by atoms with Crippen molar-refractivity contribution in [3.8, 4) is 11.1 Å². The second-order valence-corrected chi connectivity index (χ2v) is 8.55. The predicted octanol–water partition coefficient (Wildman–Crippen LogP) is 5.72. The average Bonchev–Trinajstić information content (AvgIpc) is 2.95. The third kappa shape index (κ3) is 3.03. The van der Waals surface area contributed by atoms with Gasteiger partial charge in [-0.2, -0.15) is 0 Å². The van der Waals surface area contributed by atoms with E-state index in [1.165, 1.54) is 11.8 Å². The Kier molecular flexibility index (Phi) is 4.70. The minimum atomic E-state index is -0.824. The van der Waals surface area contributed by atoms with Gasteiger partial charge in [-0.25, -0.2) is 0 Å². The molecule has 0 saturated carbocycles. The number of hydrogen-bond donors (Lipinski definition) is 1. The maximum atomic E-state index is 11.5. The number of fused-ring (bicyclic) bond motifs is 2. The number of thioether (sulfide) groups is 1. The summed E-state index contributed by atoms with van der Waals surface area (Å²) in [5.41, 5.74) is 3.14. The lowest BCUT2D eigenvalue weighted by atomic mass is 9.98. The van der Waals surface area contributed by atoms with Gasteiger partial charge < -0.3 is 9.67 Å². The molecule has 0 aliphatic rings. The van der Waals surface area contributed by atoms with E-state index in [9.17, 15) is 9.90 Å². The van der Waals surface area contributed by atoms with Crippen LogP contribution in [0, 0.1) is 0 Å². The topological polar surface area (TPSA) is 55.1 Å². The molecule has 0 aliphatic heterocycles. The molecule has 0 radical (unpaired) electrons. The van der Waals surface area contributed by atoms with Gasteiger partial charge in [0.15, 0.2) is 0 Å². The molecule has 2 heterocycles. The van der Waals surface area contributed by atoms with Crippen molar-refractivity contribution >= 4 is 55.3 Å². The first-order valence-electron chi connectivity index (χ1n) is 8.48. The van der Waals surface area contributed by atoms with Crippen LogP contribution in [0.2, 0.25) is 0 Å². The lowest BCUT2D eigenvalue weighted by molar-refractivity contribution is -0.136. The fraction of sp³-hybridized carbons (Fsp3) is 0.143. The normalized spacial score (nSPS) is 12.6. The second-order valence-electron chi connectivity index (χ2n) is 6.37. The summed E-state index contributed by atoms with van der Waals surface area (Å²) < 4.78 is 3.10. The van der Waals surface area contributed by atoms with Crippen LogP contribution in [0.5, 0.6) is 0 Å². The highest BCUT2D eigenvalue weighted by atomic mass is 79.9. The van der Waals surface area contributed by atoms with E-state index in [0.717, 1.165) is 42.3 Å². The van der Waals surface area contributed by atoms with E-state index < -0.39 is 11.2 Å². The van der Waals surface area contributed by atoms with Crippen LogP contribution in [0.4, 0.5) is 0 Å². The monoisotopic (exact) mass is 440 g/mol. The largest absolute Gasteiger partial charge is 0.480 e. The number of hydrogen-bond acceptors (Lipinski definition) is 3. The molecule has 0 spiro atoms. The van der Waals surface area contributed by atoms with Crippen molar-refractivity contribution in [2.45, 2.75) is 17.2 Å². The molecule has 4 aromatic rings. The van der Waals surface area contributed by atoms with Crippen LogP contribution in [0.25, 0.3) is 32.8 Å². The Balaban J connectivity index is 2.07. The Labute approximate surface area is 169 Å². The molecule has 0 bridgehead atoms. The van der Waals surface area contributed by atoms with E-state index in [0.29, 0.717) is 0 Å². The highest BCUT2D eigenvalue weighted by Crippen LogP contribution is 2.44. The summed E-state index contributed by atoms with van der Waals surface area (Å²) in [4.78, 5) is 15.8. The van der Waals surface area contributed by atoms with Gasteiger partial charge in [0.1, 0.15) is 5.25 Å². The molecule has 1 atom stereocenters. The first-order chi connectivity index (χ1) is 13.0. The van der Waals surface area contributed by atoms with Crippen molar-refractivity contribution in [3.05, 3.63) is 59.3 Å². The standard InChI is InChI=1S/C21H17BrN2O2S/c1-12(21(25)26)27-20-19(16-11-23-10-9-18(16)24(20)2)15-7-8-17(22)14-6-4-3-5-13(14)15/h3-12H,1-2H3,(H,25,26). The minimum absolute atomic E-state index is 0.554. The van der Waals surface area contributed by atoms with Crippen molar-refractivity contribution in [1.82, 2.24) is 9.55 Å². The van der Waals surface area contributed by atoms with Gasteiger partial charge in [0, 0.05) is 34.9 Å². The summed E-state index contributed by atoms with van der Waals surface area (Å²) in [6, 6.07) is 14.3. The molecule has 0 saturated heterocycles. The zero-order valence-electron chi connectivity index (χ0n) is 14.8. The van der Waals surface area contributed by atoms with Crippen molar-refractivity contribution in [2.24, 2.45) is 7.05 Å². The molecule has 136 valence electrons. The second kappa shape index (κ2) is 7.02. The number of pyridine rings is 1. The Hall–Kier alpha value is -2.31. The molecule has 2 aromatic heterocycles. The molecule has 4 rings (SSSR count). The van der Waals surface area contributed by atoms with Gasteiger partial charge in [0.05, 0.1) is 10.5 Å². The third-order valence-electron chi connectivity index (χ3n) is 4.72. The van der Waals surface area contributed by atoms with Crippen LogP contribution in [-0.2, 0) is 11.8 Å². The zero-order chi connectivity index (χ0) is 19.1. The van der Waals surface area contributed by atoms with E-state index >= 15 is 0 Å². The molecule has 2 aromatic carbocycles. The summed E-state index contributed by atoms with van der Waals surface area (Å²) in [6.45, 7) is 1.71. The summed E-state index contributed by atoms with van der Waals surface area (Å²) in [5.74, 6) is -0.824. The van der Waals surface area contributed by atoms with E-state index in [-0.39, 0.29) is 0 Å². The van der Waals surface area contributed by atoms with Crippen molar-refractivity contribution in [3.63, 3.8) is 0 Å². The van der Waals surface area contributed by atoms with Gasteiger partial charge in [-0.05, 0) is 35.4 Å². The summed E-state index contributed by atoms with van der Waals surface area (Å²) in [7, 11) is 1.98. The molecule has 0 amide bonds. The molecular weight excluding hydrogens is 424 g/mol. The molecule has 1 unspecified atom stereocenters. The van der Waals surface area contributed by atoms with Gasteiger partial charge in [-0.3, -0.25) is 9.78 Å². The number of aryl methyl sites for hydroxylation is 1. The van der Waals surface area contributed by atoms with Crippen molar-refractivity contribution < 1.29 is 9.90 Å². The van der Waals surface area contributed by atoms with Crippen LogP contribution in [0.15, 0.2) is 64.4 Å². The maximum Gasteiger partial charge on any atom is 0.316 e. The highest BCUT2D eigenvalue weighted by molar-refractivity contribution is 9.10. The van der Waals surface area contributed by atoms with Crippen LogP contribution in [0.1, 0.15) is 6.92 Å². The number of carboxylic acid groups (broad SMARTS) is 1. The third-order valence-corrected chi connectivity index (χ3v) is 6.67. The van der Waals surface area contributed by atoms with Crippen LogP contribution in [-0.4, -0.2) is 25.9 Å². The maximum absolute atomic E-state index is 11.5. The Morgan fingerprint density at radius 2 is 1.89 bits per heavy atom. The van der Waals surface area contributed by atoms with Gasteiger partial charge in [0.25, 0.3) is 0 Å². The van der Waals surface area contributed by atoms with E-state index in [2.05, 4.69) is 43.7 Å². The molecule has 0 aliphatic carbocycles. The minimum Gasteiger partial charge on any atom is -0.480 e. The number of aliphatic carboxylic acids is 1. The smallest absolute Gasteiger partial charge is 0.316 e. The molecule has 6 heteroatoms. The van der Waals surface area contributed by atoms with Gasteiger partial charge in [-0.1, -0.05) is 58.0 Å². The number of halogens is 1. The first-order valence-corrected chi connectivity index (χ1v) is 10.2. The molecular formula is C21H17BrN2O2S. The van der Waals surface area contributed by atoms with E-state index in [1.54, 1.807) is 13.1 Å².